The maximum Gasteiger partial charge on any atom is 0.338 e. The number of ether oxygens (including phenoxy) is 5. The van der Waals surface area contributed by atoms with Crippen LogP contribution in [0.2, 0.25) is 0 Å². The van der Waals surface area contributed by atoms with Gasteiger partial charge in [0.15, 0.2) is 29.6 Å². The molecule has 0 saturated heterocycles. The molecule has 2 aromatic rings. The summed E-state index contributed by atoms with van der Waals surface area (Å²) in [5.74, 6) is 1.34. The first-order chi connectivity index (χ1) is 16.0. The maximum absolute atomic E-state index is 12.4. The molecule has 2 rings (SSSR count). The summed E-state index contributed by atoms with van der Waals surface area (Å²) in [4.78, 5) is 24.5. The molecule has 0 radical (unpaired) electrons. The van der Waals surface area contributed by atoms with Gasteiger partial charge in [-0.05, 0) is 55.7 Å². The van der Waals surface area contributed by atoms with Gasteiger partial charge in [0.2, 0.25) is 0 Å². The van der Waals surface area contributed by atoms with Crippen LogP contribution < -0.4 is 24.3 Å². The lowest BCUT2D eigenvalue weighted by atomic mass is 10.1. The SMILES string of the molecule is CCCCOc1ccc(C(=O)OCC(=O)NCCc2ccc(OC)c(OC)c2)cc1OCC. The van der Waals surface area contributed by atoms with Crippen LogP contribution in [-0.4, -0.2) is 52.5 Å². The normalized spacial score (nSPS) is 10.3. The molecule has 0 aromatic heterocycles. The fourth-order valence-electron chi connectivity index (χ4n) is 3.00. The second-order valence-corrected chi connectivity index (χ2v) is 7.16. The van der Waals surface area contributed by atoms with E-state index in [1.807, 2.05) is 25.1 Å². The number of methoxy groups -OCH3 is 2. The molecule has 8 heteroatoms. The van der Waals surface area contributed by atoms with Crippen molar-refractivity contribution in [3.8, 4) is 23.0 Å². The number of amides is 1. The molecule has 0 fully saturated rings. The van der Waals surface area contributed by atoms with E-state index in [9.17, 15) is 9.59 Å². The topological polar surface area (TPSA) is 92.3 Å². The molecule has 0 spiro atoms. The van der Waals surface area contributed by atoms with Gasteiger partial charge in [0.05, 0.1) is 33.0 Å². The van der Waals surface area contributed by atoms with Crippen LogP contribution in [0.3, 0.4) is 0 Å². The first-order valence-electron chi connectivity index (χ1n) is 11.1. The Morgan fingerprint density at radius 2 is 1.64 bits per heavy atom. The van der Waals surface area contributed by atoms with E-state index in [4.69, 9.17) is 23.7 Å². The third kappa shape index (κ3) is 8.21. The van der Waals surface area contributed by atoms with Crippen LogP contribution in [0.5, 0.6) is 23.0 Å². The number of hydrogen-bond donors (Lipinski definition) is 1. The fraction of sp³-hybridized carbons (Fsp3) is 0.440. The van der Waals surface area contributed by atoms with Crippen molar-refractivity contribution in [2.45, 2.75) is 33.1 Å². The average molecular weight is 460 g/mol. The summed E-state index contributed by atoms with van der Waals surface area (Å²) in [5, 5.41) is 2.74. The minimum absolute atomic E-state index is 0.291. The molecule has 1 amide bonds. The second kappa shape index (κ2) is 13.9. The lowest BCUT2D eigenvalue weighted by Crippen LogP contribution is -2.30. The van der Waals surface area contributed by atoms with Gasteiger partial charge >= 0.3 is 5.97 Å². The van der Waals surface area contributed by atoms with Crippen molar-refractivity contribution < 1.29 is 33.3 Å². The molecule has 1 N–H and O–H groups in total. The van der Waals surface area contributed by atoms with Gasteiger partial charge in [0, 0.05) is 6.54 Å². The van der Waals surface area contributed by atoms with Gasteiger partial charge in [-0.15, -0.1) is 0 Å². The van der Waals surface area contributed by atoms with E-state index >= 15 is 0 Å². The Kier molecular flexibility index (Phi) is 10.9. The van der Waals surface area contributed by atoms with Gasteiger partial charge in [-0.3, -0.25) is 4.79 Å². The lowest BCUT2D eigenvalue weighted by molar-refractivity contribution is -0.124. The van der Waals surface area contributed by atoms with Crippen molar-refractivity contribution in [1.82, 2.24) is 5.32 Å². The first-order valence-corrected chi connectivity index (χ1v) is 11.1. The Labute approximate surface area is 195 Å². The predicted octanol–water partition coefficient (Wildman–Crippen LogP) is 3.80. The molecule has 0 unspecified atom stereocenters. The molecule has 0 aliphatic carbocycles. The number of benzene rings is 2. The lowest BCUT2D eigenvalue weighted by Gasteiger charge is -2.13. The molecule has 2 aromatic carbocycles. The van der Waals surface area contributed by atoms with Crippen LogP contribution in [0.15, 0.2) is 36.4 Å². The van der Waals surface area contributed by atoms with Gasteiger partial charge in [0.1, 0.15) is 0 Å². The Hall–Kier alpha value is -3.42. The summed E-state index contributed by atoms with van der Waals surface area (Å²) < 4.78 is 26.9. The van der Waals surface area contributed by atoms with Gasteiger partial charge < -0.3 is 29.0 Å². The summed E-state index contributed by atoms with van der Waals surface area (Å²) in [6, 6.07) is 10.4. The van der Waals surface area contributed by atoms with Crippen molar-refractivity contribution in [3.05, 3.63) is 47.5 Å². The zero-order valence-corrected chi connectivity index (χ0v) is 19.8. The summed E-state index contributed by atoms with van der Waals surface area (Å²) in [6.45, 7) is 4.97. The Bertz CT molecular complexity index is 914. The summed E-state index contributed by atoms with van der Waals surface area (Å²) >= 11 is 0. The minimum atomic E-state index is -0.605. The first kappa shape index (κ1) is 25.8. The average Bonchev–Trinajstić information content (AvgIpc) is 2.83. The van der Waals surface area contributed by atoms with Crippen LogP contribution in [0.1, 0.15) is 42.6 Å². The Morgan fingerprint density at radius 1 is 0.879 bits per heavy atom. The number of nitrogens with one attached hydrogen (secondary N) is 1. The zero-order valence-electron chi connectivity index (χ0n) is 19.8. The molecule has 0 atom stereocenters. The molecule has 180 valence electrons. The van der Waals surface area contributed by atoms with E-state index in [0.717, 1.165) is 18.4 Å². The van der Waals surface area contributed by atoms with E-state index in [-0.39, 0.29) is 12.5 Å². The zero-order chi connectivity index (χ0) is 24.1. The summed E-state index contributed by atoms with van der Waals surface area (Å²) in [6.07, 6.45) is 2.54. The number of hydrogen-bond acceptors (Lipinski definition) is 7. The number of esters is 1. The van der Waals surface area contributed by atoms with Crippen LogP contribution in [0.25, 0.3) is 0 Å². The molecular formula is C25H33NO7. The van der Waals surface area contributed by atoms with Gasteiger partial charge in [0.25, 0.3) is 5.91 Å². The number of rotatable bonds is 14. The highest BCUT2D eigenvalue weighted by molar-refractivity contribution is 5.92. The molecule has 8 nitrogen and oxygen atoms in total. The number of carbonyl (C=O) groups is 2. The van der Waals surface area contributed by atoms with E-state index < -0.39 is 5.97 Å². The quantitative estimate of drug-likeness (QED) is 0.339. The van der Waals surface area contributed by atoms with Crippen LogP contribution >= 0.6 is 0 Å². The number of carbonyl (C=O) groups excluding carboxylic acids is 2. The van der Waals surface area contributed by atoms with E-state index in [1.165, 1.54) is 0 Å². The van der Waals surface area contributed by atoms with Crippen molar-refractivity contribution in [1.29, 1.82) is 0 Å². The van der Waals surface area contributed by atoms with Crippen LogP contribution in [0.4, 0.5) is 0 Å². The van der Waals surface area contributed by atoms with Crippen molar-refractivity contribution >= 4 is 11.9 Å². The highest BCUT2D eigenvalue weighted by Crippen LogP contribution is 2.29. The smallest absolute Gasteiger partial charge is 0.338 e. The minimum Gasteiger partial charge on any atom is -0.493 e. The van der Waals surface area contributed by atoms with Crippen LogP contribution in [-0.2, 0) is 16.0 Å². The standard InChI is InChI=1S/C25H33NO7/c1-5-7-14-32-21-11-9-19(16-23(21)31-6-2)25(28)33-17-24(27)26-13-12-18-8-10-20(29-3)22(15-18)30-4/h8-11,15-16H,5-7,12-14,17H2,1-4H3,(H,26,27). The largest absolute Gasteiger partial charge is 0.493 e. The van der Waals surface area contributed by atoms with E-state index in [1.54, 1.807) is 32.4 Å². The highest BCUT2D eigenvalue weighted by atomic mass is 16.5. The maximum atomic E-state index is 12.4. The van der Waals surface area contributed by atoms with Gasteiger partial charge in [-0.2, -0.15) is 0 Å². The third-order valence-corrected chi connectivity index (χ3v) is 4.75. The van der Waals surface area contributed by atoms with Crippen molar-refractivity contribution in [3.63, 3.8) is 0 Å². The fourth-order valence-corrected chi connectivity index (χ4v) is 3.00. The van der Waals surface area contributed by atoms with E-state index in [0.29, 0.717) is 54.7 Å². The summed E-state index contributed by atoms with van der Waals surface area (Å²) in [7, 11) is 3.15. The van der Waals surface area contributed by atoms with Gasteiger partial charge in [-0.25, -0.2) is 4.79 Å². The van der Waals surface area contributed by atoms with Crippen molar-refractivity contribution in [2.24, 2.45) is 0 Å². The molecule has 0 saturated carbocycles. The molecule has 0 bridgehead atoms. The van der Waals surface area contributed by atoms with Crippen LogP contribution in [0, 0.1) is 0 Å². The van der Waals surface area contributed by atoms with E-state index in [2.05, 4.69) is 12.2 Å². The number of unbranched alkanes of at least 4 members (excludes halogenated alkanes) is 1. The highest BCUT2D eigenvalue weighted by Gasteiger charge is 2.14. The second-order valence-electron chi connectivity index (χ2n) is 7.16. The van der Waals surface area contributed by atoms with Crippen molar-refractivity contribution in [2.75, 3.05) is 40.6 Å². The Morgan fingerprint density at radius 3 is 2.33 bits per heavy atom. The molecule has 0 aliphatic heterocycles. The molecular weight excluding hydrogens is 426 g/mol. The predicted molar refractivity (Wildman–Crippen MR) is 125 cm³/mol. The summed E-state index contributed by atoms with van der Waals surface area (Å²) in [5.41, 5.74) is 1.27. The molecule has 0 aliphatic rings. The molecule has 33 heavy (non-hydrogen) atoms. The van der Waals surface area contributed by atoms with Gasteiger partial charge in [-0.1, -0.05) is 19.4 Å². The Balaban J connectivity index is 1.83. The monoisotopic (exact) mass is 459 g/mol. The molecule has 0 heterocycles. The third-order valence-electron chi connectivity index (χ3n) is 4.75.